The fourth-order valence-electron chi connectivity index (χ4n) is 4.46. The largest absolute Gasteiger partial charge is 0.348 e. The maximum Gasteiger partial charge on any atom is 0.264 e. The van der Waals surface area contributed by atoms with E-state index in [1.165, 1.54) is 48.2 Å². The molecule has 8 heteroatoms. The van der Waals surface area contributed by atoms with Crippen molar-refractivity contribution in [1.29, 1.82) is 0 Å². The van der Waals surface area contributed by atoms with Crippen molar-refractivity contribution in [3.05, 3.63) is 93.5 Å². The number of carbonyl (C=O) groups is 1. The molecule has 0 bridgehead atoms. The molecule has 0 aliphatic heterocycles. The van der Waals surface area contributed by atoms with Gasteiger partial charge < -0.3 is 5.32 Å². The van der Waals surface area contributed by atoms with E-state index in [1.54, 1.807) is 24.3 Å². The zero-order chi connectivity index (χ0) is 25.0. The number of rotatable bonds is 8. The van der Waals surface area contributed by atoms with Crippen molar-refractivity contribution >= 4 is 44.8 Å². The Kier molecular flexibility index (Phi) is 8.05. The molecule has 0 saturated heterocycles. The van der Waals surface area contributed by atoms with Crippen molar-refractivity contribution in [2.24, 2.45) is 0 Å². The average molecular weight is 532 g/mol. The molecule has 1 atom stereocenters. The first kappa shape index (κ1) is 25.5. The van der Waals surface area contributed by atoms with Crippen LogP contribution in [-0.4, -0.2) is 20.9 Å². The number of nitrogens with zero attached hydrogens (tertiary/aromatic N) is 1. The number of aryl methyl sites for hydroxylation is 2. The molecule has 1 aliphatic rings. The maximum atomic E-state index is 13.6. The van der Waals surface area contributed by atoms with Gasteiger partial charge in [0.1, 0.15) is 6.54 Å². The van der Waals surface area contributed by atoms with Gasteiger partial charge in [0, 0.05) is 5.02 Å². The topological polar surface area (TPSA) is 66.5 Å². The quantitative estimate of drug-likeness (QED) is 0.369. The van der Waals surface area contributed by atoms with E-state index in [2.05, 4.69) is 23.5 Å². The van der Waals surface area contributed by atoms with Gasteiger partial charge in [0.25, 0.3) is 10.0 Å². The van der Waals surface area contributed by atoms with Gasteiger partial charge in [-0.2, -0.15) is 0 Å². The minimum Gasteiger partial charge on any atom is -0.348 e. The molecule has 1 aliphatic carbocycles. The summed E-state index contributed by atoms with van der Waals surface area (Å²) in [4.78, 5) is 13.3. The third-order valence-electron chi connectivity index (χ3n) is 6.31. The highest BCUT2D eigenvalue weighted by atomic mass is 35.5. The lowest BCUT2D eigenvalue weighted by Crippen LogP contribution is -2.42. The summed E-state index contributed by atoms with van der Waals surface area (Å²) in [7, 11) is -4.08. The summed E-state index contributed by atoms with van der Waals surface area (Å²) in [6.07, 6.45) is 5.19. The van der Waals surface area contributed by atoms with E-state index >= 15 is 0 Å². The molecule has 0 unspecified atom stereocenters. The van der Waals surface area contributed by atoms with E-state index in [1.807, 2.05) is 6.92 Å². The van der Waals surface area contributed by atoms with Crippen LogP contribution in [0.1, 0.15) is 48.9 Å². The molecule has 0 radical (unpaired) electrons. The molecule has 3 aromatic carbocycles. The van der Waals surface area contributed by atoms with E-state index in [9.17, 15) is 13.2 Å². The third kappa shape index (κ3) is 5.83. The van der Waals surface area contributed by atoms with Crippen LogP contribution in [-0.2, 0) is 27.7 Å². The molecule has 0 heterocycles. The lowest BCUT2D eigenvalue weighted by Gasteiger charge is -2.27. The number of nitrogens with one attached hydrogen (secondary N) is 1. The van der Waals surface area contributed by atoms with Gasteiger partial charge in [-0.05, 0) is 79.1 Å². The van der Waals surface area contributed by atoms with Crippen LogP contribution >= 0.6 is 23.2 Å². The van der Waals surface area contributed by atoms with E-state index < -0.39 is 22.5 Å². The van der Waals surface area contributed by atoms with Gasteiger partial charge >= 0.3 is 0 Å². The van der Waals surface area contributed by atoms with Crippen molar-refractivity contribution in [2.75, 3.05) is 10.8 Å². The Balaban J connectivity index is 1.62. The van der Waals surface area contributed by atoms with E-state index in [-0.39, 0.29) is 21.6 Å². The number of sulfonamides is 1. The summed E-state index contributed by atoms with van der Waals surface area (Å²) in [5.74, 6) is -0.426. The van der Waals surface area contributed by atoms with Gasteiger partial charge in [-0.15, -0.1) is 0 Å². The maximum absolute atomic E-state index is 13.6. The molecule has 0 aromatic heterocycles. The molecule has 3 aromatic rings. The number of hydrogen-bond acceptors (Lipinski definition) is 3. The molecule has 0 spiro atoms. The minimum absolute atomic E-state index is 0.0607. The molecular formula is C27H28Cl2N2O3S. The van der Waals surface area contributed by atoms with E-state index in [4.69, 9.17) is 23.2 Å². The number of fused-ring (bicyclic) bond motifs is 1. The van der Waals surface area contributed by atoms with Crippen LogP contribution in [0, 0.1) is 0 Å². The van der Waals surface area contributed by atoms with Crippen LogP contribution < -0.4 is 9.62 Å². The first-order chi connectivity index (χ1) is 16.8. The highest BCUT2D eigenvalue weighted by molar-refractivity contribution is 7.92. The molecule has 5 nitrogen and oxygen atoms in total. The van der Waals surface area contributed by atoms with Gasteiger partial charge in [-0.25, -0.2) is 8.42 Å². The lowest BCUT2D eigenvalue weighted by molar-refractivity contribution is -0.120. The van der Waals surface area contributed by atoms with Crippen molar-refractivity contribution < 1.29 is 13.2 Å². The lowest BCUT2D eigenvalue weighted by atomic mass is 9.89. The SMILES string of the molecule is CC[C@H](NC(=O)CN(c1cc(Cl)ccc1Cl)S(=O)(=O)c1ccccc1)c1ccc2c(c1)CCCC2. The minimum atomic E-state index is -4.08. The normalized spacial score (nSPS) is 14.1. The summed E-state index contributed by atoms with van der Waals surface area (Å²) >= 11 is 12.5. The summed E-state index contributed by atoms with van der Waals surface area (Å²) in [6, 6.07) is 18.7. The van der Waals surface area contributed by atoms with Crippen LogP contribution in [0.2, 0.25) is 10.0 Å². The van der Waals surface area contributed by atoms with Crippen LogP contribution in [0.3, 0.4) is 0 Å². The van der Waals surface area contributed by atoms with Crippen molar-refractivity contribution in [3.63, 3.8) is 0 Å². The third-order valence-corrected chi connectivity index (χ3v) is 8.64. The molecule has 35 heavy (non-hydrogen) atoms. The molecule has 1 amide bonds. The smallest absolute Gasteiger partial charge is 0.264 e. The van der Waals surface area contributed by atoms with Crippen molar-refractivity contribution in [1.82, 2.24) is 5.32 Å². The average Bonchev–Trinajstić information content (AvgIpc) is 2.87. The van der Waals surface area contributed by atoms with Gasteiger partial charge in [-0.1, -0.05) is 66.5 Å². The molecule has 184 valence electrons. The Labute approximate surface area is 217 Å². The second-order valence-corrected chi connectivity index (χ2v) is 11.4. The highest BCUT2D eigenvalue weighted by Crippen LogP contribution is 2.33. The Morgan fingerprint density at radius 3 is 2.40 bits per heavy atom. The first-order valence-electron chi connectivity index (χ1n) is 11.7. The van der Waals surface area contributed by atoms with Gasteiger partial charge in [-0.3, -0.25) is 9.10 Å². The van der Waals surface area contributed by atoms with Gasteiger partial charge in [0.15, 0.2) is 0 Å². The number of anilines is 1. The number of halogens is 2. The second-order valence-electron chi connectivity index (χ2n) is 8.68. The van der Waals surface area contributed by atoms with Crippen LogP contribution in [0.25, 0.3) is 0 Å². The number of carbonyl (C=O) groups excluding carboxylic acids is 1. The summed E-state index contributed by atoms with van der Waals surface area (Å²) in [5, 5.41) is 3.53. The Hall–Kier alpha value is -2.54. The number of amides is 1. The van der Waals surface area contributed by atoms with Crippen molar-refractivity contribution in [3.8, 4) is 0 Å². The van der Waals surface area contributed by atoms with Gasteiger partial charge in [0.2, 0.25) is 5.91 Å². The fourth-order valence-corrected chi connectivity index (χ4v) is 6.35. The summed E-state index contributed by atoms with van der Waals surface area (Å²) in [6.45, 7) is 1.56. The summed E-state index contributed by atoms with van der Waals surface area (Å²) in [5.41, 5.74) is 3.89. The Morgan fingerprint density at radius 1 is 0.971 bits per heavy atom. The predicted molar refractivity (Wildman–Crippen MR) is 142 cm³/mol. The molecular weight excluding hydrogens is 503 g/mol. The molecule has 4 rings (SSSR count). The zero-order valence-electron chi connectivity index (χ0n) is 19.5. The number of hydrogen-bond donors (Lipinski definition) is 1. The van der Waals surface area contributed by atoms with E-state index in [0.717, 1.165) is 22.7 Å². The predicted octanol–water partition coefficient (Wildman–Crippen LogP) is 6.34. The Morgan fingerprint density at radius 2 is 1.69 bits per heavy atom. The Bertz CT molecular complexity index is 1310. The highest BCUT2D eigenvalue weighted by Gasteiger charge is 2.29. The first-order valence-corrected chi connectivity index (χ1v) is 13.9. The van der Waals surface area contributed by atoms with Crippen molar-refractivity contribution in [2.45, 2.75) is 50.0 Å². The van der Waals surface area contributed by atoms with Crippen LogP contribution in [0.5, 0.6) is 0 Å². The molecule has 1 N–H and O–H groups in total. The molecule has 0 fully saturated rings. The zero-order valence-corrected chi connectivity index (χ0v) is 21.8. The summed E-state index contributed by atoms with van der Waals surface area (Å²) < 4.78 is 28.1. The van der Waals surface area contributed by atoms with Crippen LogP contribution in [0.4, 0.5) is 5.69 Å². The fraction of sp³-hybridized carbons (Fsp3) is 0.296. The van der Waals surface area contributed by atoms with E-state index in [0.29, 0.717) is 11.4 Å². The van der Waals surface area contributed by atoms with Gasteiger partial charge in [0.05, 0.1) is 21.6 Å². The molecule has 0 saturated carbocycles. The van der Waals surface area contributed by atoms with Crippen LogP contribution in [0.15, 0.2) is 71.6 Å². The monoisotopic (exact) mass is 530 g/mol. The second kappa shape index (κ2) is 11.0. The number of benzene rings is 3. The standard InChI is InChI=1S/C27H28Cl2N2O3S/c1-2-25(21-13-12-19-8-6-7-9-20(19)16-21)30-27(32)18-31(26-17-22(28)14-15-24(26)29)35(33,34)23-10-4-3-5-11-23/h3-5,10-17,25H,2,6-9,18H2,1H3,(H,30,32)/t25-/m0/s1.